The number of fused-ring (bicyclic) bond motifs is 1. The predicted molar refractivity (Wildman–Crippen MR) is 183 cm³/mol. The highest BCUT2D eigenvalue weighted by Gasteiger charge is 2.51. The third kappa shape index (κ3) is 6.23. The number of hydrogen-bond acceptors (Lipinski definition) is 6. The van der Waals surface area contributed by atoms with E-state index in [0.29, 0.717) is 16.6 Å². The number of rotatable bonds is 9. The van der Waals surface area contributed by atoms with Crippen molar-refractivity contribution in [3.63, 3.8) is 0 Å². The Morgan fingerprint density at radius 2 is 1.61 bits per heavy atom. The molecule has 2 aliphatic rings. The molecule has 0 unspecified atom stereocenters. The number of allylic oxidation sites excluding steroid dienone is 1. The number of nitrogens with one attached hydrogen (secondary N) is 1. The minimum atomic E-state index is -2.06. The van der Waals surface area contributed by atoms with Crippen LogP contribution in [0.4, 0.5) is 4.79 Å². The van der Waals surface area contributed by atoms with E-state index in [-0.39, 0.29) is 18.1 Å². The first kappa shape index (κ1) is 34.6. The van der Waals surface area contributed by atoms with Crippen molar-refractivity contribution in [1.29, 1.82) is 0 Å². The van der Waals surface area contributed by atoms with E-state index in [1.807, 2.05) is 27.0 Å². The molecule has 0 aromatic carbocycles. The largest absolute Gasteiger partial charge is 0.494 e. The molecule has 2 aromatic rings. The van der Waals surface area contributed by atoms with Crippen molar-refractivity contribution in [3.8, 4) is 5.75 Å². The van der Waals surface area contributed by atoms with E-state index >= 15 is 0 Å². The lowest BCUT2D eigenvalue weighted by molar-refractivity contribution is 0.00578. The summed E-state index contributed by atoms with van der Waals surface area (Å²) in [6.07, 6.45) is 5.33. The maximum Gasteiger partial charge on any atom is 0.487 e. The van der Waals surface area contributed by atoms with Crippen molar-refractivity contribution in [2.45, 2.75) is 142 Å². The molecule has 1 aliphatic heterocycles. The van der Waals surface area contributed by atoms with Crippen LogP contribution < -0.4 is 10.1 Å². The third-order valence-electron chi connectivity index (χ3n) is 10.3. The summed E-state index contributed by atoms with van der Waals surface area (Å²) in [6.45, 7) is 28.2. The molecule has 44 heavy (non-hydrogen) atoms. The van der Waals surface area contributed by atoms with E-state index in [9.17, 15) is 4.79 Å². The van der Waals surface area contributed by atoms with Crippen LogP contribution >= 0.6 is 0 Å². The smallest absolute Gasteiger partial charge is 0.487 e. The third-order valence-corrected chi connectivity index (χ3v) is 17.0. The van der Waals surface area contributed by atoms with Gasteiger partial charge in [-0.05, 0) is 102 Å². The van der Waals surface area contributed by atoms with Gasteiger partial charge in [-0.3, -0.25) is 0 Å². The van der Waals surface area contributed by atoms with Crippen LogP contribution in [0.3, 0.4) is 0 Å². The Kier molecular flexibility index (Phi) is 9.54. The zero-order valence-electron chi connectivity index (χ0n) is 29.6. The van der Waals surface area contributed by atoms with Crippen molar-refractivity contribution in [2.75, 3.05) is 7.11 Å². The molecular weight excluding hydrogens is 569 g/mol. The topological polar surface area (TPSA) is 83.8 Å². The minimum absolute atomic E-state index is 0.0207. The van der Waals surface area contributed by atoms with E-state index in [2.05, 4.69) is 97.0 Å². The zero-order chi connectivity index (χ0) is 33.0. The average Bonchev–Trinajstić information content (AvgIpc) is 3.35. The minimum Gasteiger partial charge on any atom is -0.494 e. The molecule has 2 aromatic heterocycles. The first-order valence-corrected chi connectivity index (χ1v) is 18.5. The molecule has 244 valence electrons. The Bertz CT molecular complexity index is 1350. The van der Waals surface area contributed by atoms with Crippen molar-refractivity contribution in [1.82, 2.24) is 14.5 Å². The number of hydrogen-bond donors (Lipinski definition) is 1. The molecule has 8 nitrogen and oxygen atoms in total. The zero-order valence-corrected chi connectivity index (χ0v) is 30.6. The van der Waals surface area contributed by atoms with Gasteiger partial charge in [-0.2, -0.15) is 0 Å². The first-order chi connectivity index (χ1) is 20.2. The molecule has 1 saturated carbocycles. The second kappa shape index (κ2) is 12.1. The van der Waals surface area contributed by atoms with E-state index in [4.69, 9.17) is 23.8 Å². The average molecular weight is 626 g/mol. The van der Waals surface area contributed by atoms with Gasteiger partial charge in [0.2, 0.25) is 0 Å². The molecule has 4 rings (SSSR count). The lowest BCUT2D eigenvalue weighted by atomic mass is 9.69. The number of carbonyl (C=O) groups is 1. The Labute approximate surface area is 266 Å². The Morgan fingerprint density at radius 1 is 1.07 bits per heavy atom. The van der Waals surface area contributed by atoms with E-state index in [1.165, 1.54) is 0 Å². The van der Waals surface area contributed by atoms with Crippen LogP contribution in [0.15, 0.2) is 24.4 Å². The summed E-state index contributed by atoms with van der Waals surface area (Å²) in [6, 6.07) is 2.25. The molecular formula is C34H56BN3O5Si. The van der Waals surface area contributed by atoms with Gasteiger partial charge in [0.25, 0.3) is 0 Å². The maximum absolute atomic E-state index is 12.6. The highest BCUT2D eigenvalue weighted by Crippen LogP contribution is 2.49. The van der Waals surface area contributed by atoms with Crippen LogP contribution in [0.1, 0.15) is 108 Å². The van der Waals surface area contributed by atoms with Crippen molar-refractivity contribution >= 4 is 38.1 Å². The fourth-order valence-corrected chi connectivity index (χ4v) is 14.2. The van der Waals surface area contributed by atoms with Gasteiger partial charge in [-0.25, -0.2) is 9.78 Å². The van der Waals surface area contributed by atoms with Gasteiger partial charge in [-0.15, -0.1) is 0 Å². The predicted octanol–water partition coefficient (Wildman–Crippen LogP) is 8.39. The van der Waals surface area contributed by atoms with E-state index < -0.39 is 32.2 Å². The summed E-state index contributed by atoms with van der Waals surface area (Å²) in [4.78, 5) is 17.6. The monoisotopic (exact) mass is 625 g/mol. The van der Waals surface area contributed by atoms with E-state index in [0.717, 1.165) is 40.8 Å². The van der Waals surface area contributed by atoms with Gasteiger partial charge in [0, 0.05) is 17.0 Å². The molecule has 0 bridgehead atoms. The number of pyridine rings is 1. The Balaban J connectivity index is 1.83. The lowest BCUT2D eigenvalue weighted by Gasteiger charge is -2.44. The first-order valence-electron chi connectivity index (χ1n) is 16.4. The quantitative estimate of drug-likeness (QED) is 0.282. The second-order valence-corrected chi connectivity index (χ2v) is 21.5. The second-order valence-electron chi connectivity index (χ2n) is 15.7. The fourth-order valence-electron chi connectivity index (χ4n) is 7.66. The summed E-state index contributed by atoms with van der Waals surface area (Å²) in [5.41, 5.74) is 3.26. The summed E-state index contributed by atoms with van der Waals surface area (Å²) in [5.74, 6) is 3.03. The van der Waals surface area contributed by atoms with Crippen LogP contribution in [0.25, 0.3) is 16.6 Å². The molecule has 1 amide bonds. The number of carbonyl (C=O) groups excluding carboxylic acids is 1. The SMILES string of the molecule is COc1cnc2c(ccn2[Si](C(C)C)(C(C)C)C(C)C)c1/C(=C\B1OC(C)(C)C(C)(C)O1)C1CC(NC(=O)OC(C)(C)C)C1. The number of nitrogens with zero attached hydrogens (tertiary/aromatic N) is 2. The van der Waals surface area contributed by atoms with Crippen LogP contribution in [-0.4, -0.2) is 60.6 Å². The van der Waals surface area contributed by atoms with Gasteiger partial charge in [-0.1, -0.05) is 47.5 Å². The molecule has 3 heterocycles. The van der Waals surface area contributed by atoms with Crippen LogP contribution in [0.2, 0.25) is 16.6 Å². The highest BCUT2D eigenvalue weighted by molar-refractivity contribution is 6.82. The number of alkyl carbamates (subject to hydrolysis) is 1. The fraction of sp³-hybridized carbons (Fsp3) is 0.706. The number of methoxy groups -OCH3 is 1. The summed E-state index contributed by atoms with van der Waals surface area (Å²) in [5, 5.41) is 4.14. The summed E-state index contributed by atoms with van der Waals surface area (Å²) >= 11 is 0. The molecule has 1 aliphatic carbocycles. The van der Waals surface area contributed by atoms with Gasteiger partial charge >= 0.3 is 13.2 Å². The van der Waals surface area contributed by atoms with Crippen molar-refractivity contribution < 1.29 is 23.6 Å². The van der Waals surface area contributed by atoms with Crippen molar-refractivity contribution in [3.05, 3.63) is 30.0 Å². The standard InChI is InChI=1S/C34H56BN3O5Si/c1-21(2)44(22(3)4,23(5)6)38-16-15-26-29(28(40-14)20-36-30(26)38)27(19-35-42-33(10,11)34(12,13)43-35)24-17-25(18-24)37-31(39)41-32(7,8)9/h15-16,19-25H,17-18H2,1-14H3,(H,37,39)/b27-19-. The molecule has 0 spiro atoms. The molecule has 10 heteroatoms. The van der Waals surface area contributed by atoms with Gasteiger partial charge < -0.3 is 28.3 Å². The summed E-state index contributed by atoms with van der Waals surface area (Å²) in [7, 11) is -0.871. The lowest BCUT2D eigenvalue weighted by Crippen LogP contribution is -2.51. The molecule has 1 N–H and O–H groups in total. The number of aromatic nitrogens is 2. The van der Waals surface area contributed by atoms with Gasteiger partial charge in [0.1, 0.15) is 17.0 Å². The van der Waals surface area contributed by atoms with E-state index in [1.54, 1.807) is 7.11 Å². The van der Waals surface area contributed by atoms with Gasteiger partial charge in [0.05, 0.1) is 24.5 Å². The van der Waals surface area contributed by atoms with Gasteiger partial charge in [0.15, 0.2) is 8.24 Å². The Morgan fingerprint density at radius 3 is 2.09 bits per heavy atom. The van der Waals surface area contributed by atoms with Crippen molar-refractivity contribution in [2.24, 2.45) is 5.92 Å². The van der Waals surface area contributed by atoms with Crippen LogP contribution in [-0.2, 0) is 14.0 Å². The highest BCUT2D eigenvalue weighted by atomic mass is 28.3. The Hall–Kier alpha value is -2.30. The van der Waals surface area contributed by atoms with Crippen LogP contribution in [0, 0.1) is 5.92 Å². The molecule has 0 radical (unpaired) electrons. The number of amides is 1. The van der Waals surface area contributed by atoms with Crippen LogP contribution in [0.5, 0.6) is 5.75 Å². The molecule has 1 saturated heterocycles. The maximum atomic E-state index is 12.6. The number of ether oxygens (including phenoxy) is 2. The molecule has 0 atom stereocenters. The normalized spacial score (nSPS) is 22.2. The molecule has 2 fully saturated rings. The summed E-state index contributed by atoms with van der Waals surface area (Å²) < 4.78 is 27.0.